The van der Waals surface area contributed by atoms with Gasteiger partial charge in [-0.3, -0.25) is 4.79 Å². The van der Waals surface area contributed by atoms with E-state index in [0.29, 0.717) is 17.7 Å². The highest BCUT2D eigenvalue weighted by molar-refractivity contribution is 7.98. The Labute approximate surface area is 234 Å². The zero-order valence-electron chi connectivity index (χ0n) is 23.9. The molecule has 1 aliphatic carbocycles. The van der Waals surface area contributed by atoms with Crippen LogP contribution < -0.4 is 10.6 Å². The van der Waals surface area contributed by atoms with Gasteiger partial charge in [0.2, 0.25) is 0 Å². The molecule has 0 aromatic heterocycles. The molecule has 6 heteroatoms. The monoisotopic (exact) mass is 540 g/mol. The van der Waals surface area contributed by atoms with Crippen LogP contribution in [0.3, 0.4) is 0 Å². The van der Waals surface area contributed by atoms with Crippen LogP contribution in [0.2, 0.25) is 0 Å². The average molecular weight is 541 g/mol. The van der Waals surface area contributed by atoms with Crippen LogP contribution in [-0.2, 0) is 11.2 Å². The lowest BCUT2D eigenvalue weighted by Gasteiger charge is -2.22. The lowest BCUT2D eigenvalue weighted by molar-refractivity contribution is -0.139. The molecule has 1 amide bonds. The molecule has 1 saturated carbocycles. The summed E-state index contributed by atoms with van der Waals surface area (Å²) in [6.45, 7) is 7.63. The first kappa shape index (κ1) is 31.9. The van der Waals surface area contributed by atoms with E-state index < -0.39 is 12.0 Å². The van der Waals surface area contributed by atoms with E-state index in [2.05, 4.69) is 30.5 Å². The molecule has 0 radical (unpaired) electrons. The van der Waals surface area contributed by atoms with Crippen molar-refractivity contribution in [3.8, 4) is 11.1 Å². The number of aryl methyl sites for hydroxylation is 2. The Kier molecular flexibility index (Phi) is 15.2. The lowest BCUT2D eigenvalue weighted by atomic mass is 9.92. The lowest BCUT2D eigenvalue weighted by Crippen LogP contribution is -2.41. The molecule has 3 rings (SSSR count). The third-order valence-electron chi connectivity index (χ3n) is 7.09. The third-order valence-corrected chi connectivity index (χ3v) is 7.73. The molecule has 3 N–H and O–H groups in total. The fourth-order valence-electron chi connectivity index (χ4n) is 4.85. The normalized spacial score (nSPS) is 14.3. The summed E-state index contributed by atoms with van der Waals surface area (Å²) in [5.74, 6) is -0.667. The molecule has 0 saturated heterocycles. The minimum Gasteiger partial charge on any atom is -0.480 e. The van der Waals surface area contributed by atoms with Crippen molar-refractivity contribution < 1.29 is 14.7 Å². The smallest absolute Gasteiger partial charge is 0.326 e. The largest absolute Gasteiger partial charge is 0.480 e. The summed E-state index contributed by atoms with van der Waals surface area (Å²) in [7, 11) is 0. The Morgan fingerprint density at radius 3 is 2.39 bits per heavy atom. The van der Waals surface area contributed by atoms with E-state index in [-0.39, 0.29) is 5.91 Å². The molecule has 1 unspecified atom stereocenters. The number of carbonyl (C=O) groups excluding carboxylic acids is 1. The first-order valence-corrected chi connectivity index (χ1v) is 15.8. The van der Waals surface area contributed by atoms with Crippen molar-refractivity contribution in [1.82, 2.24) is 10.6 Å². The fourth-order valence-corrected chi connectivity index (χ4v) is 5.32. The van der Waals surface area contributed by atoms with Crippen LogP contribution in [0.4, 0.5) is 0 Å². The molecule has 5 nitrogen and oxygen atoms in total. The number of hydrogen-bond acceptors (Lipinski definition) is 4. The molecular weight excluding hydrogens is 492 g/mol. The number of unbranched alkanes of at least 4 members (excludes halogenated alkanes) is 1. The van der Waals surface area contributed by atoms with Gasteiger partial charge in [0.25, 0.3) is 5.91 Å². The summed E-state index contributed by atoms with van der Waals surface area (Å²) in [5, 5.41) is 15.7. The van der Waals surface area contributed by atoms with Crippen LogP contribution in [0.1, 0.15) is 93.1 Å². The summed E-state index contributed by atoms with van der Waals surface area (Å²) in [4.78, 5) is 24.4. The van der Waals surface area contributed by atoms with Crippen LogP contribution in [0.5, 0.6) is 0 Å². The predicted octanol–water partition coefficient (Wildman–Crippen LogP) is 7.26. The van der Waals surface area contributed by atoms with Crippen molar-refractivity contribution in [2.45, 2.75) is 97.1 Å². The number of carboxylic acids is 1. The van der Waals surface area contributed by atoms with Crippen LogP contribution in [0, 0.1) is 6.92 Å². The topological polar surface area (TPSA) is 78.4 Å². The van der Waals surface area contributed by atoms with E-state index in [1.807, 2.05) is 49.6 Å². The van der Waals surface area contributed by atoms with E-state index in [4.69, 9.17) is 0 Å². The van der Waals surface area contributed by atoms with Crippen LogP contribution >= 0.6 is 11.8 Å². The van der Waals surface area contributed by atoms with Crippen molar-refractivity contribution >= 4 is 23.6 Å². The van der Waals surface area contributed by atoms with E-state index in [1.54, 1.807) is 11.8 Å². The van der Waals surface area contributed by atoms with Crippen LogP contribution in [0.25, 0.3) is 11.1 Å². The van der Waals surface area contributed by atoms with Gasteiger partial charge in [-0.2, -0.15) is 11.8 Å². The molecule has 0 spiro atoms. The number of hydrogen-bond donors (Lipinski definition) is 3. The van der Waals surface area contributed by atoms with E-state index in [1.165, 1.54) is 57.1 Å². The first-order valence-electron chi connectivity index (χ1n) is 14.4. The van der Waals surface area contributed by atoms with Crippen molar-refractivity contribution in [3.05, 3.63) is 59.2 Å². The minimum atomic E-state index is -1.00. The summed E-state index contributed by atoms with van der Waals surface area (Å²) in [6.07, 6.45) is 14.1. The van der Waals surface area contributed by atoms with E-state index in [0.717, 1.165) is 35.6 Å². The van der Waals surface area contributed by atoms with E-state index in [9.17, 15) is 14.7 Å². The number of rotatable bonds is 13. The van der Waals surface area contributed by atoms with Gasteiger partial charge in [0.1, 0.15) is 6.04 Å². The molecule has 2 aromatic carbocycles. The molecule has 1 atom stereocenters. The van der Waals surface area contributed by atoms with Crippen LogP contribution in [-0.4, -0.2) is 47.6 Å². The zero-order valence-corrected chi connectivity index (χ0v) is 24.7. The highest BCUT2D eigenvalue weighted by atomic mass is 32.2. The Balaban J connectivity index is 0.000000384. The highest BCUT2D eigenvalue weighted by Gasteiger charge is 2.22. The number of benzene rings is 2. The van der Waals surface area contributed by atoms with Gasteiger partial charge in [-0.1, -0.05) is 82.3 Å². The van der Waals surface area contributed by atoms with Crippen molar-refractivity contribution in [2.75, 3.05) is 18.6 Å². The van der Waals surface area contributed by atoms with Gasteiger partial charge in [0.15, 0.2) is 0 Å². The molecule has 0 bridgehead atoms. The molecule has 0 aliphatic heterocycles. The fraction of sp³-hybridized carbons (Fsp3) is 0.562. The number of thioether (sulfide) groups is 1. The van der Waals surface area contributed by atoms with Gasteiger partial charge >= 0.3 is 5.97 Å². The van der Waals surface area contributed by atoms with Gasteiger partial charge < -0.3 is 15.7 Å². The summed E-state index contributed by atoms with van der Waals surface area (Å²) in [5.41, 5.74) is 4.61. The highest BCUT2D eigenvalue weighted by Crippen LogP contribution is 2.29. The SMILES string of the molecule is CCCCNC1CCCCC1.CCCc1ccc(C(=O)NC(CCSC)C(=O)O)c(-c2ccccc2C)c1. The number of carbonyl (C=O) groups is 2. The Bertz CT molecular complexity index is 988. The van der Waals surface area contributed by atoms with Gasteiger partial charge in [-0.05, 0) is 85.9 Å². The van der Waals surface area contributed by atoms with Crippen molar-refractivity contribution in [3.63, 3.8) is 0 Å². The molecule has 0 heterocycles. The van der Waals surface area contributed by atoms with Gasteiger partial charge in [-0.15, -0.1) is 0 Å². The summed E-state index contributed by atoms with van der Waals surface area (Å²) < 4.78 is 0. The maximum absolute atomic E-state index is 12.9. The molecule has 1 fully saturated rings. The second kappa shape index (κ2) is 18.1. The summed E-state index contributed by atoms with van der Waals surface area (Å²) in [6, 6.07) is 13.7. The third kappa shape index (κ3) is 10.8. The Hall–Kier alpha value is -2.31. The number of amides is 1. The number of nitrogens with one attached hydrogen (secondary N) is 2. The second-order valence-corrected chi connectivity index (χ2v) is 11.2. The Morgan fingerprint density at radius 2 is 1.76 bits per heavy atom. The van der Waals surface area contributed by atoms with E-state index >= 15 is 0 Å². The molecule has 2 aromatic rings. The maximum atomic E-state index is 12.9. The zero-order chi connectivity index (χ0) is 27.8. The van der Waals surface area contributed by atoms with Gasteiger partial charge in [0, 0.05) is 11.6 Å². The standard InChI is InChI=1S/C22H27NO3S.C10H21N/c1-4-7-16-10-11-18(19(14-16)17-9-6-5-8-15(17)2)21(24)23-20(22(25)26)12-13-27-3;1-2-3-9-11-10-7-5-4-6-8-10/h5-6,8-11,14,20H,4,7,12-13H2,1-3H3,(H,23,24)(H,25,26);10-11H,2-9H2,1H3. The first-order chi connectivity index (χ1) is 18.4. The van der Waals surface area contributed by atoms with Crippen molar-refractivity contribution in [1.29, 1.82) is 0 Å². The Morgan fingerprint density at radius 1 is 1.03 bits per heavy atom. The number of aliphatic carboxylic acids is 1. The predicted molar refractivity (Wildman–Crippen MR) is 162 cm³/mol. The summed E-state index contributed by atoms with van der Waals surface area (Å²) >= 11 is 1.57. The molecular formula is C32H48N2O3S. The van der Waals surface area contributed by atoms with Crippen molar-refractivity contribution in [2.24, 2.45) is 0 Å². The van der Waals surface area contributed by atoms with Gasteiger partial charge in [0.05, 0.1) is 0 Å². The molecule has 210 valence electrons. The maximum Gasteiger partial charge on any atom is 0.326 e. The molecule has 38 heavy (non-hydrogen) atoms. The quantitative estimate of drug-likeness (QED) is 0.233. The number of carboxylic acid groups (broad SMARTS) is 1. The molecule has 1 aliphatic rings. The van der Waals surface area contributed by atoms with Crippen LogP contribution in [0.15, 0.2) is 42.5 Å². The van der Waals surface area contributed by atoms with Gasteiger partial charge in [-0.25, -0.2) is 4.79 Å². The average Bonchev–Trinajstić information content (AvgIpc) is 2.92. The second-order valence-electron chi connectivity index (χ2n) is 10.2. The minimum absolute atomic E-state index is 0.343.